The fourth-order valence-electron chi connectivity index (χ4n) is 1.14. The number of hydrogen-bond donors (Lipinski definition) is 1. The van der Waals surface area contributed by atoms with E-state index in [9.17, 15) is 0 Å². The summed E-state index contributed by atoms with van der Waals surface area (Å²) < 4.78 is 5.35. The van der Waals surface area contributed by atoms with Gasteiger partial charge in [0.15, 0.2) is 0 Å². The molecule has 13 heavy (non-hydrogen) atoms. The maximum atomic E-state index is 5.50. The van der Waals surface area contributed by atoms with Crippen LogP contribution in [0.1, 0.15) is 27.2 Å². The van der Waals surface area contributed by atoms with Crippen LogP contribution >= 0.6 is 0 Å². The maximum Gasteiger partial charge on any atom is 0.0634 e. The van der Waals surface area contributed by atoms with E-state index < -0.39 is 0 Å². The average Bonchev–Trinajstić information content (AvgIpc) is 2.12. The normalized spacial score (nSPS) is 12.5. The van der Waals surface area contributed by atoms with Gasteiger partial charge in [-0.3, -0.25) is 0 Å². The van der Waals surface area contributed by atoms with E-state index in [1.54, 1.807) is 7.11 Å². The van der Waals surface area contributed by atoms with Gasteiger partial charge in [0.25, 0.3) is 0 Å². The van der Waals surface area contributed by atoms with Gasteiger partial charge >= 0.3 is 0 Å². The van der Waals surface area contributed by atoms with E-state index in [4.69, 9.17) is 10.5 Å². The SMILES string of the molecule is CCN(CCN)CCC(C)(C)OC. The zero-order valence-corrected chi connectivity index (χ0v) is 9.47. The molecule has 3 nitrogen and oxygen atoms in total. The number of nitrogens with two attached hydrogens (primary N) is 1. The number of nitrogens with zero attached hydrogens (tertiary/aromatic N) is 1. The van der Waals surface area contributed by atoms with Crippen molar-refractivity contribution in [3.63, 3.8) is 0 Å². The molecule has 0 radical (unpaired) electrons. The lowest BCUT2D eigenvalue weighted by atomic mass is 10.1. The lowest BCUT2D eigenvalue weighted by Gasteiger charge is -2.27. The zero-order valence-electron chi connectivity index (χ0n) is 9.47. The third kappa shape index (κ3) is 6.02. The van der Waals surface area contributed by atoms with Gasteiger partial charge in [-0.1, -0.05) is 6.92 Å². The van der Waals surface area contributed by atoms with Crippen LogP contribution in [0.3, 0.4) is 0 Å². The minimum absolute atomic E-state index is 0.0119. The van der Waals surface area contributed by atoms with Gasteiger partial charge in [0.05, 0.1) is 5.60 Å². The molecular formula is C10H24N2O. The number of rotatable bonds is 7. The standard InChI is InChI=1S/C10H24N2O/c1-5-12(9-7-11)8-6-10(2,3)13-4/h5-9,11H2,1-4H3. The van der Waals surface area contributed by atoms with Crippen LogP contribution in [0.4, 0.5) is 0 Å². The van der Waals surface area contributed by atoms with Gasteiger partial charge < -0.3 is 15.4 Å². The molecule has 0 bridgehead atoms. The van der Waals surface area contributed by atoms with E-state index in [0.29, 0.717) is 0 Å². The van der Waals surface area contributed by atoms with Crippen LogP contribution < -0.4 is 5.73 Å². The lowest BCUT2D eigenvalue weighted by Crippen LogP contribution is -2.35. The number of likely N-dealkylation sites (N-methyl/N-ethyl adjacent to an activating group) is 1. The summed E-state index contributed by atoms with van der Waals surface area (Å²) in [5.74, 6) is 0. The first-order valence-electron chi connectivity index (χ1n) is 5.03. The lowest BCUT2D eigenvalue weighted by molar-refractivity contribution is 0.00799. The highest BCUT2D eigenvalue weighted by molar-refractivity contribution is 4.70. The van der Waals surface area contributed by atoms with E-state index in [2.05, 4.69) is 25.7 Å². The van der Waals surface area contributed by atoms with Crippen LogP contribution in [-0.4, -0.2) is 43.8 Å². The molecular weight excluding hydrogens is 164 g/mol. The predicted molar refractivity (Wildman–Crippen MR) is 56.9 cm³/mol. The molecule has 0 saturated heterocycles. The topological polar surface area (TPSA) is 38.5 Å². The second-order valence-electron chi connectivity index (χ2n) is 3.94. The summed E-state index contributed by atoms with van der Waals surface area (Å²) >= 11 is 0. The maximum absolute atomic E-state index is 5.50. The molecule has 0 fully saturated rings. The van der Waals surface area contributed by atoms with Crippen molar-refractivity contribution in [3.8, 4) is 0 Å². The molecule has 0 saturated carbocycles. The smallest absolute Gasteiger partial charge is 0.0634 e. The minimum Gasteiger partial charge on any atom is -0.379 e. The van der Waals surface area contributed by atoms with E-state index in [1.165, 1.54) is 0 Å². The molecule has 3 heteroatoms. The average molecular weight is 188 g/mol. The van der Waals surface area contributed by atoms with Crippen LogP contribution in [0.5, 0.6) is 0 Å². The Morgan fingerprint density at radius 1 is 1.31 bits per heavy atom. The molecule has 0 aromatic carbocycles. The summed E-state index contributed by atoms with van der Waals surface area (Å²) in [5.41, 5.74) is 5.49. The predicted octanol–water partition coefficient (Wildman–Crippen LogP) is 1.08. The van der Waals surface area contributed by atoms with Crippen molar-refractivity contribution < 1.29 is 4.74 Å². The molecule has 2 N–H and O–H groups in total. The molecule has 0 spiro atoms. The molecule has 0 aromatic heterocycles. The first-order valence-corrected chi connectivity index (χ1v) is 5.03. The van der Waals surface area contributed by atoms with Crippen molar-refractivity contribution in [3.05, 3.63) is 0 Å². The van der Waals surface area contributed by atoms with Gasteiger partial charge in [-0.15, -0.1) is 0 Å². The number of ether oxygens (including phenoxy) is 1. The highest BCUT2D eigenvalue weighted by atomic mass is 16.5. The fourth-order valence-corrected chi connectivity index (χ4v) is 1.14. The van der Waals surface area contributed by atoms with E-state index in [-0.39, 0.29) is 5.60 Å². The minimum atomic E-state index is -0.0119. The summed E-state index contributed by atoms with van der Waals surface area (Å²) in [6.07, 6.45) is 1.05. The van der Waals surface area contributed by atoms with E-state index in [0.717, 1.165) is 32.6 Å². The molecule has 0 amide bonds. The van der Waals surface area contributed by atoms with E-state index in [1.807, 2.05) is 0 Å². The van der Waals surface area contributed by atoms with Crippen molar-refractivity contribution in [1.29, 1.82) is 0 Å². The Kier molecular flexibility index (Phi) is 6.29. The third-order valence-electron chi connectivity index (χ3n) is 2.48. The molecule has 0 aliphatic rings. The largest absolute Gasteiger partial charge is 0.379 e. The summed E-state index contributed by atoms with van der Waals surface area (Å²) in [6, 6.07) is 0. The zero-order chi connectivity index (χ0) is 10.3. The molecule has 80 valence electrons. The molecule has 0 heterocycles. The Labute approximate surface area is 82.2 Å². The number of hydrogen-bond acceptors (Lipinski definition) is 3. The Hall–Kier alpha value is -0.120. The van der Waals surface area contributed by atoms with Gasteiger partial charge in [-0.25, -0.2) is 0 Å². The quantitative estimate of drug-likeness (QED) is 0.650. The summed E-state index contributed by atoms with van der Waals surface area (Å²) in [7, 11) is 1.76. The highest BCUT2D eigenvalue weighted by Gasteiger charge is 2.16. The van der Waals surface area contributed by atoms with Crippen molar-refractivity contribution in [2.24, 2.45) is 5.73 Å². The van der Waals surface area contributed by atoms with Crippen LogP contribution in [0, 0.1) is 0 Å². The van der Waals surface area contributed by atoms with Crippen LogP contribution in [0.25, 0.3) is 0 Å². The Balaban J connectivity index is 3.70. The second kappa shape index (κ2) is 6.35. The summed E-state index contributed by atoms with van der Waals surface area (Å²) in [4.78, 5) is 2.35. The van der Waals surface area contributed by atoms with Crippen LogP contribution in [0.2, 0.25) is 0 Å². The Morgan fingerprint density at radius 2 is 1.92 bits per heavy atom. The Bertz CT molecular complexity index is 126. The van der Waals surface area contributed by atoms with Crippen LogP contribution in [-0.2, 0) is 4.74 Å². The highest BCUT2D eigenvalue weighted by Crippen LogP contribution is 2.13. The molecule has 0 rings (SSSR count). The summed E-state index contributed by atoms with van der Waals surface area (Å²) in [6.45, 7) is 10.2. The first-order chi connectivity index (χ1) is 6.05. The van der Waals surface area contributed by atoms with Crippen LogP contribution in [0.15, 0.2) is 0 Å². The molecule has 0 aliphatic heterocycles. The second-order valence-corrected chi connectivity index (χ2v) is 3.94. The van der Waals surface area contributed by atoms with Crippen molar-refractivity contribution in [2.75, 3.05) is 33.3 Å². The summed E-state index contributed by atoms with van der Waals surface area (Å²) in [5, 5.41) is 0. The fraction of sp³-hybridized carbons (Fsp3) is 1.00. The first kappa shape index (κ1) is 12.9. The monoisotopic (exact) mass is 188 g/mol. The molecule has 0 atom stereocenters. The third-order valence-corrected chi connectivity index (χ3v) is 2.48. The van der Waals surface area contributed by atoms with E-state index >= 15 is 0 Å². The van der Waals surface area contributed by atoms with Gasteiger partial charge in [-0.05, 0) is 26.8 Å². The Morgan fingerprint density at radius 3 is 2.31 bits per heavy atom. The molecule has 0 aromatic rings. The van der Waals surface area contributed by atoms with Gasteiger partial charge in [-0.2, -0.15) is 0 Å². The van der Waals surface area contributed by atoms with Gasteiger partial charge in [0.2, 0.25) is 0 Å². The van der Waals surface area contributed by atoms with Crippen molar-refractivity contribution >= 4 is 0 Å². The van der Waals surface area contributed by atoms with Crippen molar-refractivity contribution in [2.45, 2.75) is 32.8 Å². The van der Waals surface area contributed by atoms with Gasteiger partial charge in [0, 0.05) is 26.7 Å². The molecule has 0 unspecified atom stereocenters. The number of methoxy groups -OCH3 is 1. The van der Waals surface area contributed by atoms with Gasteiger partial charge in [0.1, 0.15) is 0 Å². The van der Waals surface area contributed by atoms with Crippen molar-refractivity contribution in [1.82, 2.24) is 4.90 Å². The molecule has 0 aliphatic carbocycles.